The number of nitrogens with one attached hydrogen (secondary N) is 2. The van der Waals surface area contributed by atoms with Crippen molar-refractivity contribution in [2.45, 2.75) is 20.4 Å². The molecule has 0 radical (unpaired) electrons. The fraction of sp³-hybridized carbons (Fsp3) is 0.208. The van der Waals surface area contributed by atoms with Crippen LogP contribution in [0.3, 0.4) is 0 Å². The molecule has 2 N–H and O–H groups in total. The SMILES string of the molecule is CCOc1cc(CNc2ccc(Cl)cc2)c(Br)cc1OCC(=O)Nc1ccc(C)cc1. The van der Waals surface area contributed by atoms with Crippen LogP contribution in [-0.4, -0.2) is 19.1 Å². The molecule has 0 bridgehead atoms. The van der Waals surface area contributed by atoms with E-state index in [1.165, 1.54) is 0 Å². The van der Waals surface area contributed by atoms with E-state index in [-0.39, 0.29) is 12.5 Å². The van der Waals surface area contributed by atoms with Gasteiger partial charge in [0.2, 0.25) is 0 Å². The topological polar surface area (TPSA) is 59.6 Å². The van der Waals surface area contributed by atoms with E-state index < -0.39 is 0 Å². The number of anilines is 2. The van der Waals surface area contributed by atoms with Crippen molar-refractivity contribution < 1.29 is 14.3 Å². The quantitative estimate of drug-likeness (QED) is 0.353. The third-order valence-electron chi connectivity index (χ3n) is 4.43. The highest BCUT2D eigenvalue weighted by Gasteiger charge is 2.13. The predicted molar refractivity (Wildman–Crippen MR) is 129 cm³/mol. The molecule has 0 unspecified atom stereocenters. The van der Waals surface area contributed by atoms with Crippen molar-refractivity contribution in [2.24, 2.45) is 0 Å². The van der Waals surface area contributed by atoms with Crippen molar-refractivity contribution in [3.8, 4) is 11.5 Å². The number of hydrogen-bond acceptors (Lipinski definition) is 4. The Balaban J connectivity index is 1.65. The molecule has 0 aliphatic rings. The van der Waals surface area contributed by atoms with Gasteiger partial charge in [-0.3, -0.25) is 4.79 Å². The van der Waals surface area contributed by atoms with Crippen molar-refractivity contribution in [3.05, 3.63) is 81.3 Å². The van der Waals surface area contributed by atoms with Crippen LogP contribution in [0, 0.1) is 6.92 Å². The van der Waals surface area contributed by atoms with Crippen LogP contribution in [0.2, 0.25) is 5.02 Å². The molecule has 0 spiro atoms. The maximum atomic E-state index is 12.3. The van der Waals surface area contributed by atoms with E-state index in [0.717, 1.165) is 27.0 Å². The minimum absolute atomic E-state index is 0.122. The molecule has 31 heavy (non-hydrogen) atoms. The van der Waals surface area contributed by atoms with Crippen molar-refractivity contribution in [1.29, 1.82) is 0 Å². The molecule has 0 aromatic heterocycles. The van der Waals surface area contributed by atoms with Crippen molar-refractivity contribution in [1.82, 2.24) is 0 Å². The molecule has 0 aliphatic carbocycles. The molecule has 0 atom stereocenters. The molecule has 5 nitrogen and oxygen atoms in total. The number of halogens is 2. The summed E-state index contributed by atoms with van der Waals surface area (Å²) in [5.74, 6) is 0.848. The first kappa shape index (κ1) is 23.0. The second kappa shape index (κ2) is 11.1. The molecule has 3 rings (SSSR count). The lowest BCUT2D eigenvalue weighted by atomic mass is 10.2. The number of carbonyl (C=O) groups is 1. The first-order chi connectivity index (χ1) is 14.9. The molecular formula is C24H24BrClN2O3. The van der Waals surface area contributed by atoms with E-state index in [9.17, 15) is 4.79 Å². The lowest BCUT2D eigenvalue weighted by Gasteiger charge is -2.16. The molecule has 3 aromatic carbocycles. The van der Waals surface area contributed by atoms with E-state index in [2.05, 4.69) is 26.6 Å². The van der Waals surface area contributed by atoms with E-state index in [0.29, 0.717) is 29.7 Å². The second-order valence-corrected chi connectivity index (χ2v) is 8.18. The number of hydrogen-bond donors (Lipinski definition) is 2. The van der Waals surface area contributed by atoms with Crippen LogP contribution in [0.25, 0.3) is 0 Å². The summed E-state index contributed by atoms with van der Waals surface area (Å²) >= 11 is 9.52. The van der Waals surface area contributed by atoms with Gasteiger partial charge in [-0.05, 0) is 67.9 Å². The zero-order chi connectivity index (χ0) is 22.2. The summed E-state index contributed by atoms with van der Waals surface area (Å²) in [7, 11) is 0. The number of carbonyl (C=O) groups excluding carboxylic acids is 1. The molecule has 1 amide bonds. The maximum absolute atomic E-state index is 12.3. The van der Waals surface area contributed by atoms with Crippen LogP contribution in [-0.2, 0) is 11.3 Å². The van der Waals surface area contributed by atoms with E-state index in [1.54, 1.807) is 0 Å². The second-order valence-electron chi connectivity index (χ2n) is 6.89. The van der Waals surface area contributed by atoms with Crippen LogP contribution in [0.4, 0.5) is 11.4 Å². The Kier molecular flexibility index (Phi) is 8.20. The molecule has 162 valence electrons. The van der Waals surface area contributed by atoms with Gasteiger partial charge in [0.25, 0.3) is 5.91 Å². The monoisotopic (exact) mass is 502 g/mol. The van der Waals surface area contributed by atoms with Gasteiger partial charge in [0.05, 0.1) is 6.61 Å². The highest BCUT2D eigenvalue weighted by molar-refractivity contribution is 9.10. The van der Waals surface area contributed by atoms with Gasteiger partial charge in [-0.2, -0.15) is 0 Å². The standard InChI is InChI=1S/C24H24BrClN2O3/c1-3-30-22-12-17(14-27-19-10-6-18(26)7-11-19)21(25)13-23(22)31-15-24(29)28-20-8-4-16(2)5-9-20/h4-13,27H,3,14-15H2,1-2H3,(H,28,29). The summed E-state index contributed by atoms with van der Waals surface area (Å²) in [6.45, 7) is 4.84. The zero-order valence-electron chi connectivity index (χ0n) is 17.4. The third-order valence-corrected chi connectivity index (χ3v) is 5.42. The van der Waals surface area contributed by atoms with E-state index in [4.69, 9.17) is 21.1 Å². The van der Waals surface area contributed by atoms with Gasteiger partial charge in [0.1, 0.15) is 0 Å². The molecule has 0 fully saturated rings. The molecule has 7 heteroatoms. The molecule has 0 heterocycles. The average molecular weight is 504 g/mol. The van der Waals surface area contributed by atoms with E-state index in [1.807, 2.05) is 74.5 Å². The van der Waals surface area contributed by atoms with Crippen LogP contribution < -0.4 is 20.1 Å². The summed E-state index contributed by atoms with van der Waals surface area (Å²) in [5.41, 5.74) is 3.82. The molecular weight excluding hydrogens is 480 g/mol. The number of rotatable bonds is 9. The average Bonchev–Trinajstić information content (AvgIpc) is 2.75. The lowest BCUT2D eigenvalue weighted by Crippen LogP contribution is -2.20. The highest BCUT2D eigenvalue weighted by Crippen LogP contribution is 2.34. The summed E-state index contributed by atoms with van der Waals surface area (Å²) < 4.78 is 12.4. The largest absolute Gasteiger partial charge is 0.490 e. The maximum Gasteiger partial charge on any atom is 0.262 e. The Labute approximate surface area is 195 Å². The van der Waals surface area contributed by atoms with Gasteiger partial charge < -0.3 is 20.1 Å². The van der Waals surface area contributed by atoms with Crippen LogP contribution >= 0.6 is 27.5 Å². The zero-order valence-corrected chi connectivity index (χ0v) is 19.7. The Morgan fingerprint density at radius 1 is 0.968 bits per heavy atom. The first-order valence-corrected chi connectivity index (χ1v) is 11.1. The van der Waals surface area contributed by atoms with Crippen molar-refractivity contribution in [3.63, 3.8) is 0 Å². The normalized spacial score (nSPS) is 10.5. The number of ether oxygens (including phenoxy) is 2. The van der Waals surface area contributed by atoms with E-state index >= 15 is 0 Å². The molecule has 0 saturated heterocycles. The Morgan fingerprint density at radius 3 is 2.29 bits per heavy atom. The van der Waals surface area contributed by atoms with Crippen LogP contribution in [0.15, 0.2) is 65.1 Å². The summed E-state index contributed by atoms with van der Waals surface area (Å²) in [4.78, 5) is 12.3. The third kappa shape index (κ3) is 6.91. The fourth-order valence-electron chi connectivity index (χ4n) is 2.84. The smallest absolute Gasteiger partial charge is 0.262 e. The van der Waals surface area contributed by atoms with Gasteiger partial charge in [0, 0.05) is 27.4 Å². The fourth-order valence-corrected chi connectivity index (χ4v) is 3.42. The van der Waals surface area contributed by atoms with Crippen LogP contribution in [0.5, 0.6) is 11.5 Å². The van der Waals surface area contributed by atoms with Gasteiger partial charge in [-0.1, -0.05) is 45.2 Å². The first-order valence-electron chi connectivity index (χ1n) is 9.88. The minimum Gasteiger partial charge on any atom is -0.490 e. The minimum atomic E-state index is -0.240. The van der Waals surface area contributed by atoms with Crippen molar-refractivity contribution in [2.75, 3.05) is 23.8 Å². The number of benzene rings is 3. The lowest BCUT2D eigenvalue weighted by molar-refractivity contribution is -0.118. The van der Waals surface area contributed by atoms with Gasteiger partial charge >= 0.3 is 0 Å². The van der Waals surface area contributed by atoms with Crippen molar-refractivity contribution >= 4 is 44.8 Å². The molecule has 0 saturated carbocycles. The Morgan fingerprint density at radius 2 is 1.61 bits per heavy atom. The van der Waals surface area contributed by atoms with Gasteiger partial charge in [-0.25, -0.2) is 0 Å². The molecule has 3 aromatic rings. The summed E-state index contributed by atoms with van der Waals surface area (Å²) in [6.07, 6.45) is 0. The highest BCUT2D eigenvalue weighted by atomic mass is 79.9. The molecule has 0 aliphatic heterocycles. The summed E-state index contributed by atoms with van der Waals surface area (Å²) in [5, 5.41) is 6.87. The van der Waals surface area contributed by atoms with Gasteiger partial charge in [-0.15, -0.1) is 0 Å². The summed E-state index contributed by atoms with van der Waals surface area (Å²) in [6, 6.07) is 18.8. The Hall–Kier alpha value is -2.70. The number of aryl methyl sites for hydroxylation is 1. The number of amides is 1. The van der Waals surface area contributed by atoms with Crippen LogP contribution in [0.1, 0.15) is 18.1 Å². The van der Waals surface area contributed by atoms with Gasteiger partial charge in [0.15, 0.2) is 18.1 Å². The Bertz CT molecular complexity index is 1020. The predicted octanol–water partition coefficient (Wildman–Crippen LogP) is 6.44.